The minimum absolute atomic E-state index is 0.0198. The standard InChI is InChI=1S/C26H30N2O4/c1-17(2)21-11-10-20(16-18(21)3)31-14-15-32-25(29)13-12-24-27-23-7-5-4-6-22(23)26(30)28(24)19-8-9-19/h4-7,10-11,16-17,19H,8-9,12-15H2,1-3H3. The van der Waals surface area contributed by atoms with Crippen LogP contribution in [0.5, 0.6) is 5.75 Å². The molecule has 0 N–H and O–H groups in total. The average molecular weight is 435 g/mol. The molecule has 0 spiro atoms. The highest BCUT2D eigenvalue weighted by Crippen LogP contribution is 2.35. The predicted octanol–water partition coefficient (Wildman–Crippen LogP) is 4.72. The van der Waals surface area contributed by atoms with Crippen molar-refractivity contribution in [3.05, 3.63) is 69.8 Å². The summed E-state index contributed by atoms with van der Waals surface area (Å²) in [7, 11) is 0. The summed E-state index contributed by atoms with van der Waals surface area (Å²) in [6, 6.07) is 13.6. The van der Waals surface area contributed by atoms with E-state index in [9.17, 15) is 9.59 Å². The number of hydrogen-bond donors (Lipinski definition) is 0. The number of hydrogen-bond acceptors (Lipinski definition) is 5. The molecular formula is C26H30N2O4. The molecule has 3 aromatic rings. The van der Waals surface area contributed by atoms with E-state index in [1.54, 1.807) is 10.6 Å². The fourth-order valence-corrected chi connectivity index (χ4v) is 4.06. The summed E-state index contributed by atoms with van der Waals surface area (Å²) in [5.74, 6) is 1.59. The lowest BCUT2D eigenvalue weighted by molar-refractivity contribution is -0.144. The van der Waals surface area contributed by atoms with Gasteiger partial charge in [0.1, 0.15) is 24.8 Å². The molecule has 0 bridgehead atoms. The highest BCUT2D eigenvalue weighted by atomic mass is 16.6. The van der Waals surface area contributed by atoms with Gasteiger partial charge in [0.2, 0.25) is 0 Å². The van der Waals surface area contributed by atoms with E-state index >= 15 is 0 Å². The number of ether oxygens (including phenoxy) is 2. The number of esters is 1. The maximum atomic E-state index is 12.9. The zero-order valence-electron chi connectivity index (χ0n) is 19.0. The number of fused-ring (bicyclic) bond motifs is 1. The highest BCUT2D eigenvalue weighted by molar-refractivity contribution is 5.77. The van der Waals surface area contributed by atoms with Crippen LogP contribution in [0.25, 0.3) is 10.9 Å². The third-order valence-corrected chi connectivity index (χ3v) is 5.82. The SMILES string of the molecule is Cc1cc(OCCOC(=O)CCc2nc3ccccc3c(=O)n2C2CC2)ccc1C(C)C. The smallest absolute Gasteiger partial charge is 0.306 e. The lowest BCUT2D eigenvalue weighted by Gasteiger charge is -2.13. The van der Waals surface area contributed by atoms with Gasteiger partial charge in [-0.25, -0.2) is 4.98 Å². The van der Waals surface area contributed by atoms with E-state index in [1.165, 1.54) is 11.1 Å². The molecule has 2 aromatic carbocycles. The van der Waals surface area contributed by atoms with Gasteiger partial charge in [-0.05, 0) is 61.1 Å². The quantitative estimate of drug-likeness (QED) is 0.360. The van der Waals surface area contributed by atoms with Crippen LogP contribution in [0.3, 0.4) is 0 Å². The average Bonchev–Trinajstić information content (AvgIpc) is 3.60. The monoisotopic (exact) mass is 434 g/mol. The summed E-state index contributed by atoms with van der Waals surface area (Å²) in [5, 5.41) is 0.625. The molecule has 4 rings (SSSR count). The van der Waals surface area contributed by atoms with E-state index in [-0.39, 0.29) is 30.6 Å². The molecule has 0 radical (unpaired) electrons. The molecule has 0 aliphatic heterocycles. The maximum Gasteiger partial charge on any atom is 0.306 e. The lowest BCUT2D eigenvalue weighted by atomic mass is 9.98. The van der Waals surface area contributed by atoms with E-state index in [0.717, 1.165) is 18.6 Å². The predicted molar refractivity (Wildman–Crippen MR) is 124 cm³/mol. The van der Waals surface area contributed by atoms with Crippen molar-refractivity contribution in [2.24, 2.45) is 0 Å². The number of carbonyl (C=O) groups excluding carboxylic acids is 1. The zero-order chi connectivity index (χ0) is 22.7. The second kappa shape index (κ2) is 9.55. The fraction of sp³-hybridized carbons (Fsp3) is 0.423. The molecule has 0 unspecified atom stereocenters. The number of aromatic nitrogens is 2. The third-order valence-electron chi connectivity index (χ3n) is 5.82. The summed E-state index contributed by atoms with van der Waals surface area (Å²) in [6.45, 7) is 6.89. The van der Waals surface area contributed by atoms with Crippen molar-refractivity contribution >= 4 is 16.9 Å². The van der Waals surface area contributed by atoms with Crippen molar-refractivity contribution in [2.75, 3.05) is 13.2 Å². The highest BCUT2D eigenvalue weighted by Gasteiger charge is 2.28. The van der Waals surface area contributed by atoms with E-state index in [0.29, 0.717) is 35.7 Å². The molecule has 32 heavy (non-hydrogen) atoms. The van der Waals surface area contributed by atoms with Crippen LogP contribution in [0.15, 0.2) is 47.3 Å². The Kier molecular flexibility index (Phi) is 6.58. The second-order valence-corrected chi connectivity index (χ2v) is 8.69. The first-order valence-corrected chi connectivity index (χ1v) is 11.3. The Morgan fingerprint density at radius 2 is 1.94 bits per heavy atom. The summed E-state index contributed by atoms with van der Waals surface area (Å²) in [5.41, 5.74) is 3.15. The van der Waals surface area contributed by atoms with Gasteiger partial charge in [-0.15, -0.1) is 0 Å². The summed E-state index contributed by atoms with van der Waals surface area (Å²) in [4.78, 5) is 29.8. The number of nitrogens with zero attached hydrogens (tertiary/aromatic N) is 2. The Hall–Kier alpha value is -3.15. The van der Waals surface area contributed by atoms with Crippen LogP contribution in [0.4, 0.5) is 0 Å². The number of carbonyl (C=O) groups is 1. The molecule has 1 aromatic heterocycles. The van der Waals surface area contributed by atoms with Crippen LogP contribution in [0.2, 0.25) is 0 Å². The van der Waals surface area contributed by atoms with Crippen molar-refractivity contribution in [2.45, 2.75) is 58.4 Å². The van der Waals surface area contributed by atoms with Crippen molar-refractivity contribution in [3.63, 3.8) is 0 Å². The first-order valence-electron chi connectivity index (χ1n) is 11.3. The van der Waals surface area contributed by atoms with Crippen LogP contribution in [0, 0.1) is 6.92 Å². The minimum atomic E-state index is -0.315. The molecule has 0 atom stereocenters. The first-order chi connectivity index (χ1) is 15.4. The largest absolute Gasteiger partial charge is 0.490 e. The van der Waals surface area contributed by atoms with Gasteiger partial charge in [0, 0.05) is 12.5 Å². The molecule has 1 fully saturated rings. The van der Waals surface area contributed by atoms with Crippen molar-refractivity contribution in [1.29, 1.82) is 0 Å². The number of rotatable bonds is 9. The van der Waals surface area contributed by atoms with Crippen LogP contribution >= 0.6 is 0 Å². The topological polar surface area (TPSA) is 70.4 Å². The Morgan fingerprint density at radius 1 is 1.16 bits per heavy atom. The molecule has 168 valence electrons. The van der Waals surface area contributed by atoms with Gasteiger partial charge in [-0.3, -0.25) is 14.2 Å². The molecular weight excluding hydrogens is 404 g/mol. The van der Waals surface area contributed by atoms with Gasteiger partial charge >= 0.3 is 5.97 Å². The van der Waals surface area contributed by atoms with Gasteiger partial charge in [0.25, 0.3) is 5.56 Å². The summed E-state index contributed by atoms with van der Waals surface area (Å²) < 4.78 is 12.8. The molecule has 1 aliphatic carbocycles. The fourth-order valence-electron chi connectivity index (χ4n) is 4.06. The van der Waals surface area contributed by atoms with Crippen molar-refractivity contribution in [1.82, 2.24) is 9.55 Å². The van der Waals surface area contributed by atoms with Gasteiger partial charge in [-0.2, -0.15) is 0 Å². The molecule has 1 heterocycles. The molecule has 1 aliphatic rings. The van der Waals surface area contributed by atoms with Crippen molar-refractivity contribution in [3.8, 4) is 5.75 Å². The van der Waals surface area contributed by atoms with E-state index < -0.39 is 0 Å². The Bertz CT molecular complexity index is 1180. The van der Waals surface area contributed by atoms with Crippen LogP contribution in [-0.4, -0.2) is 28.7 Å². The van der Waals surface area contributed by atoms with Crippen LogP contribution in [-0.2, 0) is 16.0 Å². The Labute approximate surface area is 188 Å². The van der Waals surface area contributed by atoms with E-state index in [1.807, 2.05) is 30.3 Å². The van der Waals surface area contributed by atoms with Crippen molar-refractivity contribution < 1.29 is 14.3 Å². The minimum Gasteiger partial charge on any atom is -0.490 e. The number of para-hydroxylation sites is 1. The normalized spacial score (nSPS) is 13.5. The zero-order valence-corrected chi connectivity index (χ0v) is 19.0. The molecule has 1 saturated carbocycles. The molecule has 6 heteroatoms. The maximum absolute atomic E-state index is 12.9. The second-order valence-electron chi connectivity index (χ2n) is 8.69. The Balaban J connectivity index is 1.30. The molecule has 6 nitrogen and oxygen atoms in total. The van der Waals surface area contributed by atoms with Gasteiger partial charge in [-0.1, -0.05) is 32.0 Å². The van der Waals surface area contributed by atoms with Gasteiger partial charge in [0.15, 0.2) is 0 Å². The molecule has 0 amide bonds. The number of aryl methyl sites for hydroxylation is 2. The van der Waals surface area contributed by atoms with Gasteiger partial charge in [0.05, 0.1) is 17.3 Å². The lowest BCUT2D eigenvalue weighted by Crippen LogP contribution is -2.25. The van der Waals surface area contributed by atoms with Gasteiger partial charge < -0.3 is 9.47 Å². The molecule has 0 saturated heterocycles. The van der Waals surface area contributed by atoms with Crippen LogP contribution in [0.1, 0.15) is 62.0 Å². The third kappa shape index (κ3) is 5.01. The summed E-state index contributed by atoms with van der Waals surface area (Å²) >= 11 is 0. The first kappa shape index (κ1) is 22.1. The van der Waals surface area contributed by atoms with E-state index in [2.05, 4.69) is 31.8 Å². The number of benzene rings is 2. The van der Waals surface area contributed by atoms with E-state index in [4.69, 9.17) is 9.47 Å². The summed E-state index contributed by atoms with van der Waals surface area (Å²) in [6.07, 6.45) is 2.52. The van der Waals surface area contributed by atoms with Crippen LogP contribution < -0.4 is 10.3 Å². The Morgan fingerprint density at radius 3 is 2.66 bits per heavy atom.